The number of fused-ring (bicyclic) bond motifs is 1. The maximum absolute atomic E-state index is 13.3. The van der Waals surface area contributed by atoms with E-state index in [4.69, 9.17) is 0 Å². The molecule has 2 aromatic carbocycles. The third kappa shape index (κ3) is 4.42. The van der Waals surface area contributed by atoms with Crippen molar-refractivity contribution >= 4 is 22.8 Å². The molecule has 2 N–H and O–H groups in total. The topological polar surface area (TPSA) is 88.8 Å². The van der Waals surface area contributed by atoms with E-state index in [1.807, 2.05) is 6.92 Å². The third-order valence-corrected chi connectivity index (χ3v) is 5.56. The van der Waals surface area contributed by atoms with Crippen molar-refractivity contribution in [1.82, 2.24) is 4.57 Å². The Morgan fingerprint density at radius 3 is 2.28 bits per heavy atom. The maximum atomic E-state index is 13.3. The van der Waals surface area contributed by atoms with E-state index in [0.717, 1.165) is 12.1 Å². The van der Waals surface area contributed by atoms with E-state index in [2.05, 4.69) is 4.74 Å². The highest BCUT2D eigenvalue weighted by atomic mass is 19.4. The van der Waals surface area contributed by atoms with Crippen LogP contribution < -0.4 is 4.74 Å². The first-order valence-corrected chi connectivity index (χ1v) is 9.91. The standard InChI is InChI=1S/C23H22F3NO5/c1-4-12(2)19(22(30)31)20-13(3)27(18-10-7-15(28)11-17(18)20)21(29)14-5-8-16(9-6-14)32-23(24,25)26/h5-12,19,28H,4H2,1-3H3,(H,30,31). The molecule has 6 nitrogen and oxygen atoms in total. The number of alkyl halides is 3. The number of phenolic OH excluding ortho intramolecular Hbond substituents is 1. The maximum Gasteiger partial charge on any atom is 0.573 e. The number of phenols is 1. The fraction of sp³-hybridized carbons (Fsp3) is 0.304. The fourth-order valence-corrected chi connectivity index (χ4v) is 3.90. The first kappa shape index (κ1) is 23.2. The number of aliphatic carboxylic acids is 1. The number of rotatable bonds is 6. The molecule has 9 heteroatoms. The second kappa shape index (κ2) is 8.57. The van der Waals surface area contributed by atoms with Crippen molar-refractivity contribution in [3.8, 4) is 11.5 Å². The predicted octanol–water partition coefficient (Wildman–Crippen LogP) is 5.46. The van der Waals surface area contributed by atoms with Crippen molar-refractivity contribution < 1.29 is 37.7 Å². The van der Waals surface area contributed by atoms with Gasteiger partial charge < -0.3 is 14.9 Å². The Balaban J connectivity index is 2.16. The van der Waals surface area contributed by atoms with Crippen LogP contribution >= 0.6 is 0 Å². The van der Waals surface area contributed by atoms with E-state index in [1.54, 1.807) is 13.8 Å². The SMILES string of the molecule is CCC(C)C(C(=O)O)c1c(C)n(C(=O)c2ccc(OC(F)(F)F)cc2)c2ccc(O)cc12. The Labute approximate surface area is 181 Å². The number of halogens is 3. The Morgan fingerprint density at radius 2 is 1.75 bits per heavy atom. The summed E-state index contributed by atoms with van der Waals surface area (Å²) in [7, 11) is 0. The molecule has 3 aromatic rings. The summed E-state index contributed by atoms with van der Waals surface area (Å²) in [5.74, 6) is -3.30. The van der Waals surface area contributed by atoms with E-state index >= 15 is 0 Å². The summed E-state index contributed by atoms with van der Waals surface area (Å²) in [6, 6.07) is 8.79. The van der Waals surface area contributed by atoms with E-state index in [-0.39, 0.29) is 17.2 Å². The first-order valence-electron chi connectivity index (χ1n) is 9.91. The minimum absolute atomic E-state index is 0.0784. The Morgan fingerprint density at radius 1 is 1.12 bits per heavy atom. The number of carboxylic acid groups (broad SMARTS) is 1. The highest BCUT2D eigenvalue weighted by Gasteiger charge is 2.33. The van der Waals surface area contributed by atoms with Crippen LogP contribution in [0.2, 0.25) is 0 Å². The number of nitrogens with zero attached hydrogens (tertiary/aromatic N) is 1. The number of carboxylic acids is 1. The minimum Gasteiger partial charge on any atom is -0.508 e. The molecule has 0 aliphatic carbocycles. The summed E-state index contributed by atoms with van der Waals surface area (Å²) < 4.78 is 42.4. The zero-order chi connectivity index (χ0) is 23.8. The van der Waals surface area contributed by atoms with Crippen LogP contribution in [0.1, 0.15) is 47.8 Å². The molecule has 3 rings (SSSR count). The van der Waals surface area contributed by atoms with Gasteiger partial charge >= 0.3 is 12.3 Å². The Kier molecular flexibility index (Phi) is 6.20. The van der Waals surface area contributed by atoms with Gasteiger partial charge in [-0.1, -0.05) is 20.3 Å². The molecule has 0 amide bonds. The molecule has 1 heterocycles. The normalized spacial score (nSPS) is 13.7. The summed E-state index contributed by atoms with van der Waals surface area (Å²) in [5, 5.41) is 20.3. The molecule has 170 valence electrons. The Bertz CT molecular complexity index is 1170. The number of carbonyl (C=O) groups excluding carboxylic acids is 1. The molecule has 1 aromatic heterocycles. The number of hydrogen-bond acceptors (Lipinski definition) is 4. The number of aromatic hydroxyl groups is 1. The number of ether oxygens (including phenoxy) is 1. The van der Waals surface area contributed by atoms with Crippen LogP contribution in [0, 0.1) is 12.8 Å². The minimum atomic E-state index is -4.85. The highest BCUT2D eigenvalue weighted by molar-refractivity contribution is 6.05. The molecule has 0 bridgehead atoms. The monoisotopic (exact) mass is 449 g/mol. The van der Waals surface area contributed by atoms with Gasteiger partial charge in [0, 0.05) is 16.6 Å². The van der Waals surface area contributed by atoms with Gasteiger partial charge in [0.05, 0.1) is 11.4 Å². The number of aromatic nitrogens is 1. The molecule has 2 atom stereocenters. The van der Waals surface area contributed by atoms with Crippen LogP contribution in [-0.2, 0) is 4.79 Å². The van der Waals surface area contributed by atoms with Crippen LogP contribution in [0.5, 0.6) is 11.5 Å². The lowest BCUT2D eigenvalue weighted by Crippen LogP contribution is -2.21. The second-order valence-corrected chi connectivity index (χ2v) is 7.61. The average molecular weight is 449 g/mol. The van der Waals surface area contributed by atoms with Gasteiger partial charge in [0.1, 0.15) is 11.5 Å². The molecule has 0 aliphatic heterocycles. The molecule has 0 saturated heterocycles. The second-order valence-electron chi connectivity index (χ2n) is 7.61. The summed E-state index contributed by atoms with van der Waals surface area (Å²) in [4.78, 5) is 25.4. The molecule has 0 radical (unpaired) electrons. The Hall–Kier alpha value is -3.49. The van der Waals surface area contributed by atoms with E-state index in [1.165, 1.54) is 34.9 Å². The van der Waals surface area contributed by atoms with Crippen LogP contribution in [0.15, 0.2) is 42.5 Å². The molecular weight excluding hydrogens is 427 g/mol. The summed E-state index contributed by atoms with van der Waals surface area (Å²) in [6.45, 7) is 5.28. The van der Waals surface area contributed by atoms with Gasteiger partial charge in [0.15, 0.2) is 0 Å². The van der Waals surface area contributed by atoms with Crippen LogP contribution in [0.25, 0.3) is 10.9 Å². The smallest absolute Gasteiger partial charge is 0.508 e. The summed E-state index contributed by atoms with van der Waals surface area (Å²) in [6.07, 6.45) is -4.27. The molecule has 0 fully saturated rings. The summed E-state index contributed by atoms with van der Waals surface area (Å²) in [5.41, 5.74) is 1.29. The highest BCUT2D eigenvalue weighted by Crippen LogP contribution is 2.39. The van der Waals surface area contributed by atoms with Gasteiger partial charge in [-0.3, -0.25) is 14.2 Å². The van der Waals surface area contributed by atoms with Crippen LogP contribution in [0.4, 0.5) is 13.2 Å². The molecular formula is C23H22F3NO5. The van der Waals surface area contributed by atoms with Crippen molar-refractivity contribution in [3.63, 3.8) is 0 Å². The first-order chi connectivity index (χ1) is 14.9. The van der Waals surface area contributed by atoms with Gasteiger partial charge in [0.25, 0.3) is 5.91 Å². The average Bonchev–Trinajstić information content (AvgIpc) is 2.98. The van der Waals surface area contributed by atoms with Crippen molar-refractivity contribution in [2.24, 2.45) is 5.92 Å². The zero-order valence-corrected chi connectivity index (χ0v) is 17.6. The molecule has 0 aliphatic rings. The molecule has 0 spiro atoms. The van der Waals surface area contributed by atoms with E-state index in [9.17, 15) is 33.0 Å². The van der Waals surface area contributed by atoms with Gasteiger partial charge in [0.2, 0.25) is 0 Å². The molecule has 2 unspecified atom stereocenters. The van der Waals surface area contributed by atoms with Crippen molar-refractivity contribution in [3.05, 3.63) is 59.3 Å². The van der Waals surface area contributed by atoms with Crippen LogP contribution in [0.3, 0.4) is 0 Å². The third-order valence-electron chi connectivity index (χ3n) is 5.56. The van der Waals surface area contributed by atoms with Gasteiger partial charge in [-0.15, -0.1) is 13.2 Å². The lowest BCUT2D eigenvalue weighted by Gasteiger charge is -2.20. The summed E-state index contributed by atoms with van der Waals surface area (Å²) >= 11 is 0. The largest absolute Gasteiger partial charge is 0.573 e. The van der Waals surface area contributed by atoms with Gasteiger partial charge in [-0.05, 0) is 60.9 Å². The molecule has 0 saturated carbocycles. The van der Waals surface area contributed by atoms with Crippen molar-refractivity contribution in [1.29, 1.82) is 0 Å². The van der Waals surface area contributed by atoms with Crippen LogP contribution in [-0.4, -0.2) is 33.0 Å². The lowest BCUT2D eigenvalue weighted by molar-refractivity contribution is -0.274. The van der Waals surface area contributed by atoms with Crippen molar-refractivity contribution in [2.45, 2.75) is 39.5 Å². The van der Waals surface area contributed by atoms with Gasteiger partial charge in [-0.25, -0.2) is 0 Å². The lowest BCUT2D eigenvalue weighted by atomic mass is 9.84. The quantitative estimate of drug-likeness (QED) is 0.522. The fourth-order valence-electron chi connectivity index (χ4n) is 3.90. The van der Waals surface area contributed by atoms with Gasteiger partial charge in [-0.2, -0.15) is 0 Å². The predicted molar refractivity (Wildman–Crippen MR) is 111 cm³/mol. The zero-order valence-electron chi connectivity index (χ0n) is 17.6. The number of benzene rings is 2. The number of hydrogen-bond donors (Lipinski definition) is 2. The van der Waals surface area contributed by atoms with E-state index < -0.39 is 29.9 Å². The van der Waals surface area contributed by atoms with Crippen molar-refractivity contribution in [2.75, 3.05) is 0 Å². The molecule has 32 heavy (non-hydrogen) atoms. The number of carbonyl (C=O) groups is 2. The van der Waals surface area contributed by atoms with E-state index in [0.29, 0.717) is 28.6 Å².